The van der Waals surface area contributed by atoms with Gasteiger partial charge in [0, 0.05) is 31.3 Å². The van der Waals surface area contributed by atoms with Crippen LogP contribution in [0.5, 0.6) is 0 Å². The SMILES string of the molecule is NC(C(=O)Nc1ccc(-n2ccnc2)c(F)c1)C1CCOCC1. The Morgan fingerprint density at radius 2 is 2.22 bits per heavy atom. The minimum atomic E-state index is -0.615. The molecule has 1 saturated heterocycles. The molecular formula is C16H19FN4O2. The van der Waals surface area contributed by atoms with Crippen molar-refractivity contribution in [3.05, 3.63) is 42.7 Å². The van der Waals surface area contributed by atoms with Gasteiger partial charge in [-0.2, -0.15) is 0 Å². The Morgan fingerprint density at radius 3 is 2.87 bits per heavy atom. The van der Waals surface area contributed by atoms with Crippen LogP contribution in [0.1, 0.15) is 12.8 Å². The third-order valence-electron chi connectivity index (χ3n) is 4.07. The first-order chi connectivity index (χ1) is 11.1. The second-order valence-electron chi connectivity index (χ2n) is 5.60. The number of nitrogens with zero attached hydrogens (tertiary/aromatic N) is 2. The van der Waals surface area contributed by atoms with E-state index in [0.29, 0.717) is 24.6 Å². The number of ether oxygens (including phenoxy) is 1. The second-order valence-corrected chi connectivity index (χ2v) is 5.60. The third kappa shape index (κ3) is 3.57. The van der Waals surface area contributed by atoms with Gasteiger partial charge >= 0.3 is 0 Å². The van der Waals surface area contributed by atoms with E-state index in [4.69, 9.17) is 10.5 Å². The summed E-state index contributed by atoms with van der Waals surface area (Å²) in [5.41, 5.74) is 6.77. The maximum atomic E-state index is 14.2. The zero-order valence-electron chi connectivity index (χ0n) is 12.6. The van der Waals surface area contributed by atoms with Gasteiger partial charge in [-0.15, -0.1) is 0 Å². The number of carbonyl (C=O) groups is 1. The minimum absolute atomic E-state index is 0.0961. The van der Waals surface area contributed by atoms with Gasteiger partial charge in [-0.3, -0.25) is 4.79 Å². The van der Waals surface area contributed by atoms with Crippen molar-refractivity contribution in [1.29, 1.82) is 0 Å². The molecule has 0 bridgehead atoms. The predicted octanol–water partition coefficient (Wildman–Crippen LogP) is 1.70. The molecule has 1 aromatic heterocycles. The zero-order chi connectivity index (χ0) is 16.2. The van der Waals surface area contributed by atoms with Crippen LogP contribution in [0.2, 0.25) is 0 Å². The molecule has 3 N–H and O–H groups in total. The maximum Gasteiger partial charge on any atom is 0.241 e. The van der Waals surface area contributed by atoms with Crippen LogP contribution in [0.4, 0.5) is 10.1 Å². The molecule has 0 aliphatic carbocycles. The normalized spacial score (nSPS) is 17.0. The van der Waals surface area contributed by atoms with Gasteiger partial charge in [0.05, 0.1) is 18.1 Å². The number of rotatable bonds is 4. The molecule has 1 fully saturated rings. The van der Waals surface area contributed by atoms with Gasteiger partial charge in [0.1, 0.15) is 5.82 Å². The summed E-state index contributed by atoms with van der Waals surface area (Å²) in [5.74, 6) is -0.647. The van der Waals surface area contributed by atoms with Crippen LogP contribution in [0.3, 0.4) is 0 Å². The summed E-state index contributed by atoms with van der Waals surface area (Å²) in [6.07, 6.45) is 6.27. The highest BCUT2D eigenvalue weighted by Crippen LogP contribution is 2.21. The van der Waals surface area contributed by atoms with Gasteiger partial charge in [0.2, 0.25) is 5.91 Å². The Kier molecular flexibility index (Phi) is 4.68. The van der Waals surface area contributed by atoms with Crippen LogP contribution in [0, 0.1) is 11.7 Å². The fourth-order valence-electron chi connectivity index (χ4n) is 2.71. The summed E-state index contributed by atoms with van der Waals surface area (Å²) in [5, 5.41) is 2.68. The van der Waals surface area contributed by atoms with Gasteiger partial charge in [-0.1, -0.05) is 0 Å². The van der Waals surface area contributed by atoms with E-state index in [1.807, 2.05) is 0 Å². The van der Waals surface area contributed by atoms with Gasteiger partial charge in [-0.05, 0) is 37.0 Å². The molecule has 7 heteroatoms. The molecule has 23 heavy (non-hydrogen) atoms. The maximum absolute atomic E-state index is 14.2. The molecular weight excluding hydrogens is 299 g/mol. The summed E-state index contributed by atoms with van der Waals surface area (Å²) >= 11 is 0. The average Bonchev–Trinajstić information content (AvgIpc) is 3.09. The van der Waals surface area contributed by atoms with Crippen LogP contribution < -0.4 is 11.1 Å². The Bertz CT molecular complexity index is 669. The number of benzene rings is 1. The molecule has 1 atom stereocenters. The molecule has 6 nitrogen and oxygen atoms in total. The first-order valence-electron chi connectivity index (χ1n) is 7.57. The molecule has 1 aromatic carbocycles. The van der Waals surface area contributed by atoms with Crippen LogP contribution in [-0.2, 0) is 9.53 Å². The Morgan fingerprint density at radius 1 is 1.43 bits per heavy atom. The lowest BCUT2D eigenvalue weighted by molar-refractivity contribution is -0.119. The molecule has 0 spiro atoms. The number of amides is 1. The lowest BCUT2D eigenvalue weighted by atomic mass is 9.92. The van der Waals surface area contributed by atoms with Crippen molar-refractivity contribution in [2.45, 2.75) is 18.9 Å². The highest BCUT2D eigenvalue weighted by Gasteiger charge is 2.26. The van der Waals surface area contributed by atoms with E-state index in [1.165, 1.54) is 12.4 Å². The molecule has 1 amide bonds. The summed E-state index contributed by atoms with van der Waals surface area (Å²) in [4.78, 5) is 16.1. The van der Waals surface area contributed by atoms with Gasteiger partial charge < -0.3 is 20.4 Å². The quantitative estimate of drug-likeness (QED) is 0.899. The second kappa shape index (κ2) is 6.89. The van der Waals surface area contributed by atoms with Gasteiger partial charge in [0.25, 0.3) is 0 Å². The summed E-state index contributed by atoms with van der Waals surface area (Å²) < 4.78 is 21.0. The monoisotopic (exact) mass is 318 g/mol. The molecule has 122 valence electrons. The Hall–Kier alpha value is -2.25. The molecule has 1 unspecified atom stereocenters. The van der Waals surface area contributed by atoms with Crippen molar-refractivity contribution < 1.29 is 13.9 Å². The number of carbonyl (C=O) groups excluding carboxylic acids is 1. The molecule has 0 saturated carbocycles. The standard InChI is InChI=1S/C16H19FN4O2/c17-13-9-12(1-2-14(13)21-6-5-19-10-21)20-16(22)15(18)11-3-7-23-8-4-11/h1-2,5-6,9-11,15H,3-4,7-8,18H2,(H,20,22). The largest absolute Gasteiger partial charge is 0.381 e. The van der Waals surface area contributed by atoms with E-state index in [1.54, 1.807) is 29.1 Å². The van der Waals surface area contributed by atoms with E-state index < -0.39 is 11.9 Å². The highest BCUT2D eigenvalue weighted by atomic mass is 19.1. The Balaban J connectivity index is 1.68. The van der Waals surface area contributed by atoms with E-state index in [-0.39, 0.29) is 11.8 Å². The van der Waals surface area contributed by atoms with Crippen molar-refractivity contribution in [3.8, 4) is 5.69 Å². The summed E-state index contributed by atoms with van der Waals surface area (Å²) in [6, 6.07) is 3.90. The minimum Gasteiger partial charge on any atom is -0.381 e. The van der Waals surface area contributed by atoms with Crippen molar-refractivity contribution >= 4 is 11.6 Å². The molecule has 3 rings (SSSR count). The summed E-state index contributed by atoms with van der Waals surface area (Å²) in [6.45, 7) is 1.25. The molecule has 2 heterocycles. The Labute approximate surface area is 133 Å². The number of nitrogens with two attached hydrogens (primary N) is 1. The number of imidazole rings is 1. The third-order valence-corrected chi connectivity index (χ3v) is 4.07. The van der Waals surface area contributed by atoms with Crippen LogP contribution in [-0.4, -0.2) is 34.7 Å². The lowest BCUT2D eigenvalue weighted by Gasteiger charge is -2.26. The first-order valence-corrected chi connectivity index (χ1v) is 7.57. The lowest BCUT2D eigenvalue weighted by Crippen LogP contribution is -2.44. The molecule has 0 radical (unpaired) electrons. The van der Waals surface area contributed by atoms with Gasteiger partial charge in [-0.25, -0.2) is 9.37 Å². The summed E-state index contributed by atoms with van der Waals surface area (Å²) in [7, 11) is 0. The molecule has 2 aromatic rings. The number of hydrogen-bond acceptors (Lipinski definition) is 4. The van der Waals surface area contributed by atoms with Crippen molar-refractivity contribution in [2.24, 2.45) is 11.7 Å². The van der Waals surface area contributed by atoms with Crippen LogP contribution >= 0.6 is 0 Å². The number of anilines is 1. The number of halogens is 1. The zero-order valence-corrected chi connectivity index (χ0v) is 12.6. The van der Waals surface area contributed by atoms with Crippen molar-refractivity contribution in [2.75, 3.05) is 18.5 Å². The van der Waals surface area contributed by atoms with E-state index in [2.05, 4.69) is 10.3 Å². The highest BCUT2D eigenvalue weighted by molar-refractivity contribution is 5.95. The van der Waals surface area contributed by atoms with Crippen molar-refractivity contribution in [1.82, 2.24) is 9.55 Å². The topological polar surface area (TPSA) is 82.2 Å². The average molecular weight is 318 g/mol. The van der Waals surface area contributed by atoms with Crippen LogP contribution in [0.25, 0.3) is 5.69 Å². The first kappa shape index (κ1) is 15.6. The van der Waals surface area contributed by atoms with E-state index >= 15 is 0 Å². The van der Waals surface area contributed by atoms with E-state index in [0.717, 1.165) is 12.8 Å². The van der Waals surface area contributed by atoms with Crippen molar-refractivity contribution in [3.63, 3.8) is 0 Å². The van der Waals surface area contributed by atoms with Gasteiger partial charge in [0.15, 0.2) is 0 Å². The molecule has 1 aliphatic rings. The number of hydrogen-bond donors (Lipinski definition) is 2. The fourth-order valence-corrected chi connectivity index (χ4v) is 2.71. The number of aromatic nitrogens is 2. The number of nitrogens with one attached hydrogen (secondary N) is 1. The fraction of sp³-hybridized carbons (Fsp3) is 0.375. The predicted molar refractivity (Wildman–Crippen MR) is 83.7 cm³/mol. The molecule has 1 aliphatic heterocycles. The van der Waals surface area contributed by atoms with E-state index in [9.17, 15) is 9.18 Å². The smallest absolute Gasteiger partial charge is 0.241 e. The van der Waals surface area contributed by atoms with Crippen LogP contribution in [0.15, 0.2) is 36.9 Å².